The Morgan fingerprint density at radius 3 is 2.23 bits per heavy atom. The number of carbonyl (C=O) groups is 1. The molecule has 8 heteroatoms. The van der Waals surface area contributed by atoms with Gasteiger partial charge in [-0.15, -0.1) is 0 Å². The van der Waals surface area contributed by atoms with Crippen molar-refractivity contribution < 1.29 is 17.9 Å². The van der Waals surface area contributed by atoms with Crippen molar-refractivity contribution in [2.45, 2.75) is 13.3 Å². The summed E-state index contributed by atoms with van der Waals surface area (Å²) in [7, 11) is -1.94. The summed E-state index contributed by atoms with van der Waals surface area (Å²) in [6, 6.07) is 15.2. The molecule has 1 aliphatic heterocycles. The molecule has 30 heavy (non-hydrogen) atoms. The molecule has 0 bridgehead atoms. The van der Waals surface area contributed by atoms with Gasteiger partial charge < -0.3 is 14.5 Å². The zero-order valence-electron chi connectivity index (χ0n) is 17.7. The first kappa shape index (κ1) is 22.0. The second-order valence-corrected chi connectivity index (χ2v) is 9.22. The van der Waals surface area contributed by atoms with Crippen molar-refractivity contribution in [2.24, 2.45) is 0 Å². The van der Waals surface area contributed by atoms with Crippen molar-refractivity contribution in [1.29, 1.82) is 0 Å². The van der Waals surface area contributed by atoms with Gasteiger partial charge in [0.2, 0.25) is 15.9 Å². The normalized spacial score (nSPS) is 14.5. The van der Waals surface area contributed by atoms with Gasteiger partial charge in [0.05, 0.1) is 19.1 Å². The predicted molar refractivity (Wildman–Crippen MR) is 120 cm³/mol. The Bertz CT molecular complexity index is 968. The van der Waals surface area contributed by atoms with E-state index < -0.39 is 10.0 Å². The molecule has 0 unspecified atom stereocenters. The lowest BCUT2D eigenvalue weighted by atomic mass is 10.1. The highest BCUT2D eigenvalue weighted by Crippen LogP contribution is 2.24. The maximum Gasteiger partial charge on any atom is 0.243 e. The molecular weight excluding hydrogens is 402 g/mol. The first-order valence-corrected chi connectivity index (χ1v) is 11.9. The van der Waals surface area contributed by atoms with Crippen LogP contribution in [-0.4, -0.2) is 65.3 Å². The lowest BCUT2D eigenvalue weighted by Crippen LogP contribution is -2.52. The van der Waals surface area contributed by atoms with Crippen LogP contribution in [0.2, 0.25) is 0 Å². The standard InChI is InChI=1S/C22H29N3O4S/c1-4-18-7-5-6-8-21(18)25(30(3,27)28)17-22(26)24-15-13-23(14-16-24)19-9-11-20(29-2)12-10-19/h5-12H,4,13-17H2,1-3H3. The quantitative estimate of drug-likeness (QED) is 0.673. The number of anilines is 2. The molecule has 0 spiro atoms. The van der Waals surface area contributed by atoms with Crippen LogP contribution in [-0.2, 0) is 21.2 Å². The molecule has 2 aromatic rings. The summed E-state index contributed by atoms with van der Waals surface area (Å²) in [5.41, 5.74) is 2.56. The smallest absolute Gasteiger partial charge is 0.243 e. The van der Waals surface area contributed by atoms with Crippen LogP contribution in [0.5, 0.6) is 5.75 Å². The monoisotopic (exact) mass is 431 g/mol. The number of ether oxygens (including phenoxy) is 1. The fourth-order valence-corrected chi connectivity index (χ4v) is 4.54. The van der Waals surface area contributed by atoms with Gasteiger partial charge in [-0.3, -0.25) is 9.10 Å². The number of para-hydroxylation sites is 1. The summed E-state index contributed by atoms with van der Waals surface area (Å²) in [6.45, 7) is 4.29. The zero-order valence-corrected chi connectivity index (χ0v) is 18.6. The van der Waals surface area contributed by atoms with Crippen molar-refractivity contribution in [3.63, 3.8) is 0 Å². The minimum absolute atomic E-state index is 0.180. The maximum absolute atomic E-state index is 12.9. The molecule has 1 fully saturated rings. The SMILES string of the molecule is CCc1ccccc1N(CC(=O)N1CCN(c2ccc(OC)cc2)CC1)S(C)(=O)=O. The van der Waals surface area contributed by atoms with Crippen molar-refractivity contribution in [1.82, 2.24) is 4.90 Å². The highest BCUT2D eigenvalue weighted by molar-refractivity contribution is 7.92. The van der Waals surface area contributed by atoms with E-state index in [9.17, 15) is 13.2 Å². The number of aryl methyl sites for hydroxylation is 1. The Labute approximate surface area is 178 Å². The van der Waals surface area contributed by atoms with Crippen molar-refractivity contribution >= 4 is 27.3 Å². The predicted octanol–water partition coefficient (Wildman–Crippen LogP) is 2.37. The van der Waals surface area contributed by atoms with E-state index in [0.717, 1.165) is 23.3 Å². The topological polar surface area (TPSA) is 70.2 Å². The van der Waals surface area contributed by atoms with Gasteiger partial charge >= 0.3 is 0 Å². The summed E-state index contributed by atoms with van der Waals surface area (Å²) < 4.78 is 31.3. The molecule has 0 radical (unpaired) electrons. The minimum Gasteiger partial charge on any atom is -0.497 e. The van der Waals surface area contributed by atoms with Gasteiger partial charge in [-0.05, 0) is 42.3 Å². The lowest BCUT2D eigenvalue weighted by Gasteiger charge is -2.37. The molecule has 1 aliphatic rings. The number of methoxy groups -OCH3 is 1. The molecule has 7 nitrogen and oxygen atoms in total. The molecule has 0 saturated carbocycles. The van der Waals surface area contributed by atoms with E-state index in [4.69, 9.17) is 4.74 Å². The van der Waals surface area contributed by atoms with Crippen LogP contribution in [0.4, 0.5) is 11.4 Å². The molecular formula is C22H29N3O4S. The number of piperazine rings is 1. The zero-order chi connectivity index (χ0) is 21.7. The summed E-state index contributed by atoms with van der Waals surface area (Å²) in [5.74, 6) is 0.626. The average Bonchev–Trinajstić information content (AvgIpc) is 2.76. The fraction of sp³-hybridized carbons (Fsp3) is 0.409. The molecule has 2 aromatic carbocycles. The Hall–Kier alpha value is -2.74. The van der Waals surface area contributed by atoms with Crippen molar-refractivity contribution in [3.05, 3.63) is 54.1 Å². The number of amides is 1. The third kappa shape index (κ3) is 5.05. The molecule has 0 atom stereocenters. The van der Waals surface area contributed by atoms with Crippen LogP contribution in [0.25, 0.3) is 0 Å². The molecule has 0 aromatic heterocycles. The van der Waals surface area contributed by atoms with E-state index in [1.54, 1.807) is 24.1 Å². The number of carbonyl (C=O) groups excluding carboxylic acids is 1. The highest BCUT2D eigenvalue weighted by Gasteiger charge is 2.27. The second-order valence-electron chi connectivity index (χ2n) is 7.32. The molecule has 1 amide bonds. The molecule has 1 saturated heterocycles. The van der Waals surface area contributed by atoms with Gasteiger partial charge in [0, 0.05) is 31.9 Å². The average molecular weight is 432 g/mol. The van der Waals surface area contributed by atoms with E-state index in [0.29, 0.717) is 38.3 Å². The van der Waals surface area contributed by atoms with Crippen molar-refractivity contribution in [2.75, 3.05) is 55.3 Å². The van der Waals surface area contributed by atoms with Crippen LogP contribution in [0.3, 0.4) is 0 Å². The molecule has 162 valence electrons. The van der Waals surface area contributed by atoms with Crippen LogP contribution in [0.1, 0.15) is 12.5 Å². The van der Waals surface area contributed by atoms with Gasteiger partial charge in [0.25, 0.3) is 0 Å². The van der Waals surface area contributed by atoms with Crippen LogP contribution in [0.15, 0.2) is 48.5 Å². The van der Waals surface area contributed by atoms with Crippen LogP contribution < -0.4 is 13.9 Å². The van der Waals surface area contributed by atoms with E-state index in [1.165, 1.54) is 4.31 Å². The van der Waals surface area contributed by atoms with E-state index in [-0.39, 0.29) is 12.5 Å². The molecule has 0 aliphatic carbocycles. The van der Waals surface area contributed by atoms with Gasteiger partial charge in [0.1, 0.15) is 12.3 Å². The molecule has 0 N–H and O–H groups in total. The van der Waals surface area contributed by atoms with E-state index in [2.05, 4.69) is 4.90 Å². The third-order valence-electron chi connectivity index (χ3n) is 5.39. The van der Waals surface area contributed by atoms with Crippen LogP contribution in [0, 0.1) is 0 Å². The first-order valence-electron chi connectivity index (χ1n) is 10.1. The number of rotatable bonds is 7. The van der Waals surface area contributed by atoms with E-state index in [1.807, 2.05) is 43.3 Å². The number of benzene rings is 2. The Morgan fingerprint density at radius 1 is 1.03 bits per heavy atom. The van der Waals surface area contributed by atoms with Crippen molar-refractivity contribution in [3.8, 4) is 5.75 Å². The third-order valence-corrected chi connectivity index (χ3v) is 6.52. The summed E-state index contributed by atoms with van der Waals surface area (Å²) in [4.78, 5) is 16.9. The maximum atomic E-state index is 12.9. The molecule has 3 rings (SSSR count). The Balaban J connectivity index is 1.67. The molecule has 1 heterocycles. The lowest BCUT2D eigenvalue weighted by molar-refractivity contribution is -0.129. The number of nitrogens with zero attached hydrogens (tertiary/aromatic N) is 3. The van der Waals surface area contributed by atoms with E-state index >= 15 is 0 Å². The van der Waals surface area contributed by atoms with Gasteiger partial charge in [0.15, 0.2) is 0 Å². The number of hydrogen-bond acceptors (Lipinski definition) is 5. The van der Waals surface area contributed by atoms with Gasteiger partial charge in [-0.2, -0.15) is 0 Å². The van der Waals surface area contributed by atoms with Gasteiger partial charge in [-0.1, -0.05) is 25.1 Å². The fourth-order valence-electron chi connectivity index (χ4n) is 3.66. The number of hydrogen-bond donors (Lipinski definition) is 0. The van der Waals surface area contributed by atoms with Crippen LogP contribution >= 0.6 is 0 Å². The highest BCUT2D eigenvalue weighted by atomic mass is 32.2. The summed E-state index contributed by atoms with van der Waals surface area (Å²) in [6.07, 6.45) is 1.84. The summed E-state index contributed by atoms with van der Waals surface area (Å²) in [5, 5.41) is 0. The largest absolute Gasteiger partial charge is 0.497 e. The first-order chi connectivity index (χ1) is 14.3. The number of sulfonamides is 1. The Morgan fingerprint density at radius 2 is 1.67 bits per heavy atom. The van der Waals surface area contributed by atoms with Gasteiger partial charge in [-0.25, -0.2) is 8.42 Å². The second kappa shape index (κ2) is 9.38. The Kier molecular flexibility index (Phi) is 6.87. The minimum atomic E-state index is -3.58. The summed E-state index contributed by atoms with van der Waals surface area (Å²) >= 11 is 0.